The molecule has 3 aliphatic rings. The van der Waals surface area contributed by atoms with E-state index in [-0.39, 0.29) is 0 Å². The van der Waals surface area contributed by atoms with Crippen LogP contribution in [0.4, 0.5) is 0 Å². The molecule has 0 spiro atoms. The van der Waals surface area contributed by atoms with Crippen molar-refractivity contribution in [3.63, 3.8) is 0 Å². The van der Waals surface area contributed by atoms with Gasteiger partial charge in [0.05, 0.1) is 0 Å². The van der Waals surface area contributed by atoms with Crippen LogP contribution in [0.5, 0.6) is 0 Å². The van der Waals surface area contributed by atoms with E-state index in [1.807, 2.05) is 0 Å². The fraction of sp³-hybridized carbons (Fsp3) is 1.00. The van der Waals surface area contributed by atoms with E-state index in [1.165, 1.54) is 78.2 Å². The highest BCUT2D eigenvalue weighted by molar-refractivity contribution is 4.87. The predicted octanol–water partition coefficient (Wildman–Crippen LogP) is 2.21. The lowest BCUT2D eigenvalue weighted by Gasteiger charge is -2.39. The highest BCUT2D eigenvalue weighted by atomic mass is 15.3. The predicted molar refractivity (Wildman–Crippen MR) is 103 cm³/mol. The van der Waals surface area contributed by atoms with Gasteiger partial charge in [-0.15, -0.1) is 0 Å². The second-order valence-electron chi connectivity index (χ2n) is 8.94. The van der Waals surface area contributed by atoms with Crippen LogP contribution >= 0.6 is 0 Å². The molecule has 0 bridgehead atoms. The molecule has 0 unspecified atom stereocenters. The summed E-state index contributed by atoms with van der Waals surface area (Å²) in [7, 11) is 0. The van der Waals surface area contributed by atoms with E-state index in [9.17, 15) is 0 Å². The highest BCUT2D eigenvalue weighted by Crippen LogP contribution is 2.26. The van der Waals surface area contributed by atoms with Gasteiger partial charge >= 0.3 is 0 Å². The standard InChI is InChI=1S/C20H40N4/c1-17(2)22-9-6-20(7-10-22)24-8-5-19(16-24)15-21-11-13-23(14-12-21)18(3)4/h17-20H,5-16H2,1-4H3/t19-/m0/s1. The fourth-order valence-corrected chi connectivity index (χ4v) is 4.94. The second kappa shape index (κ2) is 8.48. The summed E-state index contributed by atoms with van der Waals surface area (Å²) < 4.78 is 0. The van der Waals surface area contributed by atoms with E-state index in [0.717, 1.165) is 18.0 Å². The minimum Gasteiger partial charge on any atom is -0.301 e. The molecule has 0 radical (unpaired) electrons. The van der Waals surface area contributed by atoms with Gasteiger partial charge in [-0.1, -0.05) is 0 Å². The van der Waals surface area contributed by atoms with Crippen molar-refractivity contribution in [2.24, 2.45) is 5.92 Å². The Morgan fingerprint density at radius 3 is 1.88 bits per heavy atom. The van der Waals surface area contributed by atoms with Crippen molar-refractivity contribution in [1.82, 2.24) is 19.6 Å². The zero-order chi connectivity index (χ0) is 17.1. The SMILES string of the molecule is CC(C)N1CCC(N2CC[C@@H](CN3CCN(C(C)C)CC3)C2)CC1. The maximum Gasteiger partial charge on any atom is 0.0120 e. The Labute approximate surface area is 150 Å². The molecule has 3 saturated heterocycles. The lowest BCUT2D eigenvalue weighted by Crippen LogP contribution is -2.50. The Hall–Kier alpha value is -0.160. The average Bonchev–Trinajstić information content (AvgIpc) is 3.04. The summed E-state index contributed by atoms with van der Waals surface area (Å²) in [5.74, 6) is 0.915. The Balaban J connectivity index is 1.37. The van der Waals surface area contributed by atoms with E-state index in [4.69, 9.17) is 0 Å². The number of piperidine rings is 1. The van der Waals surface area contributed by atoms with Crippen LogP contribution in [0.3, 0.4) is 0 Å². The van der Waals surface area contributed by atoms with Gasteiger partial charge in [-0.05, 0) is 72.5 Å². The van der Waals surface area contributed by atoms with Gasteiger partial charge in [0.25, 0.3) is 0 Å². The lowest BCUT2D eigenvalue weighted by molar-refractivity contribution is 0.0886. The largest absolute Gasteiger partial charge is 0.301 e. The van der Waals surface area contributed by atoms with Crippen LogP contribution in [0, 0.1) is 5.92 Å². The molecule has 0 aromatic heterocycles. The molecule has 3 rings (SSSR count). The molecule has 0 saturated carbocycles. The van der Waals surface area contributed by atoms with Crippen LogP contribution in [0.2, 0.25) is 0 Å². The summed E-state index contributed by atoms with van der Waals surface area (Å²) in [5.41, 5.74) is 0. The number of rotatable bonds is 5. The van der Waals surface area contributed by atoms with E-state index in [0.29, 0.717) is 6.04 Å². The van der Waals surface area contributed by atoms with E-state index in [1.54, 1.807) is 0 Å². The molecule has 24 heavy (non-hydrogen) atoms. The summed E-state index contributed by atoms with van der Waals surface area (Å²) in [4.78, 5) is 10.8. The van der Waals surface area contributed by atoms with Gasteiger partial charge in [0, 0.05) is 57.4 Å². The average molecular weight is 337 g/mol. The molecule has 0 aromatic rings. The monoisotopic (exact) mass is 336 g/mol. The van der Waals surface area contributed by atoms with E-state index >= 15 is 0 Å². The summed E-state index contributed by atoms with van der Waals surface area (Å²) in [5, 5.41) is 0. The summed E-state index contributed by atoms with van der Waals surface area (Å²) in [6.07, 6.45) is 4.20. The number of likely N-dealkylation sites (tertiary alicyclic amines) is 2. The topological polar surface area (TPSA) is 13.0 Å². The summed E-state index contributed by atoms with van der Waals surface area (Å²) in [6.45, 7) is 21.1. The number of hydrogen-bond donors (Lipinski definition) is 0. The van der Waals surface area contributed by atoms with Crippen LogP contribution in [-0.2, 0) is 0 Å². The molecule has 0 N–H and O–H groups in total. The van der Waals surface area contributed by atoms with Gasteiger partial charge in [0.2, 0.25) is 0 Å². The highest BCUT2D eigenvalue weighted by Gasteiger charge is 2.32. The fourth-order valence-electron chi connectivity index (χ4n) is 4.94. The smallest absolute Gasteiger partial charge is 0.0120 e. The van der Waals surface area contributed by atoms with Crippen molar-refractivity contribution >= 4 is 0 Å². The first-order valence-electron chi connectivity index (χ1n) is 10.5. The molecule has 4 heteroatoms. The molecule has 0 aliphatic carbocycles. The second-order valence-corrected chi connectivity index (χ2v) is 8.94. The first kappa shape index (κ1) is 18.6. The first-order valence-corrected chi connectivity index (χ1v) is 10.5. The van der Waals surface area contributed by atoms with E-state index in [2.05, 4.69) is 47.3 Å². The van der Waals surface area contributed by atoms with Crippen LogP contribution in [0.25, 0.3) is 0 Å². The maximum absolute atomic E-state index is 2.83. The maximum atomic E-state index is 2.83. The lowest BCUT2D eigenvalue weighted by atomic mass is 10.0. The van der Waals surface area contributed by atoms with Gasteiger partial charge in [0.15, 0.2) is 0 Å². The van der Waals surface area contributed by atoms with Crippen molar-refractivity contribution in [3.8, 4) is 0 Å². The van der Waals surface area contributed by atoms with Gasteiger partial charge in [-0.25, -0.2) is 0 Å². The van der Waals surface area contributed by atoms with Crippen LogP contribution < -0.4 is 0 Å². The number of nitrogens with zero attached hydrogens (tertiary/aromatic N) is 4. The third-order valence-corrected chi connectivity index (χ3v) is 6.72. The Kier molecular flexibility index (Phi) is 6.58. The van der Waals surface area contributed by atoms with Gasteiger partial charge in [0.1, 0.15) is 0 Å². The van der Waals surface area contributed by atoms with Crippen molar-refractivity contribution in [1.29, 1.82) is 0 Å². The van der Waals surface area contributed by atoms with Gasteiger partial charge in [-0.2, -0.15) is 0 Å². The molecular weight excluding hydrogens is 296 g/mol. The molecule has 3 aliphatic heterocycles. The minimum absolute atomic E-state index is 0.714. The van der Waals surface area contributed by atoms with Crippen molar-refractivity contribution in [2.45, 2.75) is 65.1 Å². The Morgan fingerprint density at radius 2 is 1.29 bits per heavy atom. The Bertz CT molecular complexity index is 368. The normalized spacial score (nSPS) is 30.0. The van der Waals surface area contributed by atoms with Crippen molar-refractivity contribution in [3.05, 3.63) is 0 Å². The minimum atomic E-state index is 0.714. The molecule has 4 nitrogen and oxygen atoms in total. The number of piperazine rings is 1. The molecule has 0 amide bonds. The number of hydrogen-bond acceptors (Lipinski definition) is 4. The molecular formula is C20H40N4. The molecule has 3 fully saturated rings. The molecule has 0 aromatic carbocycles. The third-order valence-electron chi connectivity index (χ3n) is 6.72. The van der Waals surface area contributed by atoms with Gasteiger partial charge < -0.3 is 9.80 Å². The Morgan fingerprint density at radius 1 is 0.708 bits per heavy atom. The van der Waals surface area contributed by atoms with Gasteiger partial charge in [-0.3, -0.25) is 9.80 Å². The summed E-state index contributed by atoms with van der Waals surface area (Å²) in [6, 6.07) is 2.30. The zero-order valence-corrected chi connectivity index (χ0v) is 16.6. The summed E-state index contributed by atoms with van der Waals surface area (Å²) >= 11 is 0. The molecule has 1 atom stereocenters. The third kappa shape index (κ3) is 4.72. The van der Waals surface area contributed by atoms with E-state index < -0.39 is 0 Å². The van der Waals surface area contributed by atoms with Crippen LogP contribution in [0.1, 0.15) is 47.0 Å². The zero-order valence-electron chi connectivity index (χ0n) is 16.6. The molecule has 140 valence electrons. The quantitative estimate of drug-likeness (QED) is 0.763. The van der Waals surface area contributed by atoms with Crippen LogP contribution in [0.15, 0.2) is 0 Å². The van der Waals surface area contributed by atoms with Crippen molar-refractivity contribution < 1.29 is 0 Å². The first-order chi connectivity index (χ1) is 11.5. The van der Waals surface area contributed by atoms with Crippen molar-refractivity contribution in [2.75, 3.05) is 58.9 Å². The van der Waals surface area contributed by atoms with Crippen LogP contribution in [-0.4, -0.2) is 96.6 Å². The molecule has 3 heterocycles.